The second kappa shape index (κ2) is 10.7. The van der Waals surface area contributed by atoms with Gasteiger partial charge in [-0.2, -0.15) is 0 Å². The monoisotopic (exact) mass is 360 g/mol. The first kappa shape index (κ1) is 15.2. The van der Waals surface area contributed by atoms with Gasteiger partial charge in [0, 0.05) is 19.6 Å². The van der Waals surface area contributed by atoms with Gasteiger partial charge in [0.1, 0.15) is 0 Å². The van der Waals surface area contributed by atoms with Gasteiger partial charge in [0.25, 0.3) is 0 Å². The highest BCUT2D eigenvalue weighted by molar-refractivity contribution is 14.1. The largest absolute Gasteiger partial charge is 0.363 e. The summed E-state index contributed by atoms with van der Waals surface area (Å²) in [4.78, 5) is 6.09. The Hall–Kier alpha value is 0.240. The third-order valence-electron chi connectivity index (χ3n) is 1.53. The zero-order valence-electron chi connectivity index (χ0n) is 8.97. The van der Waals surface area contributed by atoms with E-state index in [1.54, 1.807) is 11.8 Å². The van der Waals surface area contributed by atoms with Crippen molar-refractivity contribution in [2.75, 3.05) is 37.4 Å². The van der Waals surface area contributed by atoms with Gasteiger partial charge in [-0.05, 0) is 23.4 Å². The first-order chi connectivity index (χ1) is 7.33. The maximum Gasteiger partial charge on any atom is 0.166 e. The van der Waals surface area contributed by atoms with Gasteiger partial charge in [-0.3, -0.25) is 4.99 Å². The van der Waals surface area contributed by atoms with Crippen molar-refractivity contribution in [3.05, 3.63) is 0 Å². The topological polar surface area (TPSA) is 48.5 Å². The molecule has 15 heavy (non-hydrogen) atoms. The molecule has 0 unspecified atom stereocenters. The molecule has 0 aromatic carbocycles. The normalized spacial score (nSPS) is 17.0. The molecule has 2 aliphatic heterocycles. The summed E-state index contributed by atoms with van der Waals surface area (Å²) in [5.74, 6) is 0. The molecule has 4 nitrogen and oxygen atoms in total. The second-order valence-electron chi connectivity index (χ2n) is 2.50. The lowest BCUT2D eigenvalue weighted by atomic mass is 10.7. The predicted octanol–water partition coefficient (Wildman–Crippen LogP) is 0.824. The zero-order chi connectivity index (χ0) is 11.5. The minimum absolute atomic E-state index is 0.787. The van der Waals surface area contributed by atoms with Crippen LogP contribution < -0.4 is 16.0 Å². The van der Waals surface area contributed by atoms with E-state index in [1.165, 1.54) is 0 Å². The number of thioether (sulfide) groups is 1. The van der Waals surface area contributed by atoms with E-state index in [4.69, 9.17) is 12.2 Å². The molecule has 7 heteroatoms. The predicted molar refractivity (Wildman–Crippen MR) is 82.4 cm³/mol. The van der Waals surface area contributed by atoms with Gasteiger partial charge in [-0.15, -0.1) is 0 Å². The lowest BCUT2D eigenvalue weighted by Gasteiger charge is -1.91. The van der Waals surface area contributed by atoms with E-state index in [1.807, 2.05) is 11.2 Å². The first-order valence-electron chi connectivity index (χ1n) is 4.54. The Morgan fingerprint density at radius 2 is 1.80 bits per heavy atom. The van der Waals surface area contributed by atoms with Crippen LogP contribution in [-0.4, -0.2) is 47.6 Å². The SMILES string of the molecule is CI.CSC1=NCCN1.S=C1NCCN1. The van der Waals surface area contributed by atoms with Gasteiger partial charge in [0.05, 0.1) is 6.54 Å². The molecule has 1 fully saturated rings. The fourth-order valence-corrected chi connectivity index (χ4v) is 1.60. The van der Waals surface area contributed by atoms with Crippen LogP contribution in [0.25, 0.3) is 0 Å². The number of rotatable bonds is 0. The maximum atomic E-state index is 4.70. The van der Waals surface area contributed by atoms with Crippen LogP contribution in [0.4, 0.5) is 0 Å². The summed E-state index contributed by atoms with van der Waals surface area (Å²) in [7, 11) is 0. The molecular weight excluding hydrogens is 343 g/mol. The molecular formula is C8H17IN4S2. The molecule has 0 bridgehead atoms. The quantitative estimate of drug-likeness (QED) is 0.339. The number of nitrogens with zero attached hydrogens (tertiary/aromatic N) is 1. The lowest BCUT2D eigenvalue weighted by Crippen LogP contribution is -2.19. The van der Waals surface area contributed by atoms with Crippen molar-refractivity contribution < 1.29 is 0 Å². The van der Waals surface area contributed by atoms with Crippen LogP contribution in [0.1, 0.15) is 0 Å². The molecule has 0 aliphatic carbocycles. The molecule has 0 spiro atoms. The standard InChI is InChI=1S/C4H8N2S.C3H6N2S.CH3I/c1-7-4-5-2-3-6-4;6-3-4-1-2-5-3;1-2/h2-3H2,1H3,(H,5,6);1-2H2,(H2,4,5,6);1H3. The Labute approximate surface area is 115 Å². The van der Waals surface area contributed by atoms with Gasteiger partial charge in [-0.1, -0.05) is 34.4 Å². The number of nitrogens with one attached hydrogen (secondary N) is 3. The zero-order valence-corrected chi connectivity index (χ0v) is 12.8. The van der Waals surface area contributed by atoms with Crippen LogP contribution >= 0.6 is 46.6 Å². The fourth-order valence-electron chi connectivity index (χ4n) is 0.927. The first-order valence-corrected chi connectivity index (χ1v) is 8.34. The number of amidine groups is 1. The van der Waals surface area contributed by atoms with E-state index < -0.39 is 0 Å². The number of hydrogen-bond acceptors (Lipinski definition) is 4. The summed E-state index contributed by atoms with van der Waals surface area (Å²) in [5.41, 5.74) is 0. The smallest absolute Gasteiger partial charge is 0.166 e. The minimum Gasteiger partial charge on any atom is -0.363 e. The van der Waals surface area contributed by atoms with E-state index in [9.17, 15) is 0 Å². The summed E-state index contributed by atoms with van der Waals surface area (Å²) in [6.07, 6.45) is 2.02. The Bertz CT molecular complexity index is 203. The summed E-state index contributed by atoms with van der Waals surface area (Å²) < 4.78 is 0. The molecule has 88 valence electrons. The number of aliphatic imine (C=N–C) groups is 1. The molecule has 0 aromatic rings. The van der Waals surface area contributed by atoms with Crippen LogP contribution in [0.2, 0.25) is 0 Å². The van der Waals surface area contributed by atoms with Crippen molar-refractivity contribution in [2.24, 2.45) is 4.99 Å². The third kappa shape index (κ3) is 8.09. The molecule has 0 radical (unpaired) electrons. The summed E-state index contributed by atoms with van der Waals surface area (Å²) >= 11 is 8.52. The number of alkyl halides is 1. The van der Waals surface area contributed by atoms with E-state index in [0.717, 1.165) is 36.5 Å². The Kier molecular flexibility index (Phi) is 10.9. The Morgan fingerprint density at radius 3 is 2.00 bits per heavy atom. The molecule has 1 saturated heterocycles. The fraction of sp³-hybridized carbons (Fsp3) is 0.750. The van der Waals surface area contributed by atoms with Gasteiger partial charge < -0.3 is 16.0 Å². The average molecular weight is 360 g/mol. The molecule has 0 atom stereocenters. The molecule has 3 N–H and O–H groups in total. The Morgan fingerprint density at radius 1 is 1.20 bits per heavy atom. The van der Waals surface area contributed by atoms with Crippen molar-refractivity contribution >= 4 is 56.9 Å². The number of halogens is 1. The van der Waals surface area contributed by atoms with Crippen molar-refractivity contribution in [3.8, 4) is 0 Å². The molecule has 0 aromatic heterocycles. The van der Waals surface area contributed by atoms with Crippen molar-refractivity contribution in [1.29, 1.82) is 0 Å². The van der Waals surface area contributed by atoms with Crippen LogP contribution in [0.3, 0.4) is 0 Å². The number of hydrogen-bond donors (Lipinski definition) is 3. The van der Waals surface area contributed by atoms with Crippen molar-refractivity contribution in [2.45, 2.75) is 0 Å². The van der Waals surface area contributed by atoms with Crippen LogP contribution in [-0.2, 0) is 0 Å². The highest BCUT2D eigenvalue weighted by Crippen LogP contribution is 1.97. The van der Waals surface area contributed by atoms with Crippen molar-refractivity contribution in [3.63, 3.8) is 0 Å². The highest BCUT2D eigenvalue weighted by Gasteiger charge is 1.99. The van der Waals surface area contributed by atoms with Gasteiger partial charge in [0.15, 0.2) is 10.3 Å². The lowest BCUT2D eigenvalue weighted by molar-refractivity contribution is 0.942. The van der Waals surface area contributed by atoms with Gasteiger partial charge in [0.2, 0.25) is 0 Å². The van der Waals surface area contributed by atoms with E-state index in [2.05, 4.69) is 43.5 Å². The third-order valence-corrected chi connectivity index (χ3v) is 2.48. The van der Waals surface area contributed by atoms with Gasteiger partial charge in [-0.25, -0.2) is 0 Å². The van der Waals surface area contributed by atoms with Crippen molar-refractivity contribution in [1.82, 2.24) is 16.0 Å². The van der Waals surface area contributed by atoms with Crippen LogP contribution in [0.15, 0.2) is 4.99 Å². The molecule has 2 aliphatic rings. The highest BCUT2D eigenvalue weighted by atomic mass is 127. The van der Waals surface area contributed by atoms with E-state index >= 15 is 0 Å². The summed E-state index contributed by atoms with van der Waals surface area (Å²) in [6.45, 7) is 3.95. The minimum atomic E-state index is 0.787. The molecule has 0 amide bonds. The van der Waals surface area contributed by atoms with Crippen LogP contribution in [0.5, 0.6) is 0 Å². The van der Waals surface area contributed by atoms with E-state index in [-0.39, 0.29) is 0 Å². The number of thiocarbonyl (C=S) groups is 1. The maximum absolute atomic E-state index is 4.70. The summed E-state index contributed by atoms with van der Waals surface area (Å²) in [5, 5.41) is 10.9. The average Bonchev–Trinajstić information content (AvgIpc) is 2.93. The Balaban J connectivity index is 0.000000227. The second-order valence-corrected chi connectivity index (χ2v) is 3.70. The summed E-state index contributed by atoms with van der Waals surface area (Å²) in [6, 6.07) is 0. The van der Waals surface area contributed by atoms with Gasteiger partial charge >= 0.3 is 0 Å². The molecule has 2 heterocycles. The molecule has 0 saturated carbocycles. The molecule has 2 rings (SSSR count). The van der Waals surface area contributed by atoms with E-state index in [0.29, 0.717) is 0 Å². The van der Waals surface area contributed by atoms with Crippen LogP contribution in [0, 0.1) is 0 Å².